The molecule has 0 atom stereocenters. The predicted octanol–water partition coefficient (Wildman–Crippen LogP) is 1.81. The summed E-state index contributed by atoms with van der Waals surface area (Å²) in [4.78, 5) is 0.166. The maximum atomic E-state index is 13.4. The number of halogens is 1. The Morgan fingerprint density at radius 1 is 1.10 bits per heavy atom. The third kappa shape index (κ3) is 4.10. The van der Waals surface area contributed by atoms with Crippen molar-refractivity contribution in [1.82, 2.24) is 4.72 Å². The summed E-state index contributed by atoms with van der Waals surface area (Å²) in [5.74, 6) is -0.332. The van der Waals surface area contributed by atoms with E-state index in [1.54, 1.807) is 30.3 Å². The molecule has 0 radical (unpaired) electrons. The van der Waals surface area contributed by atoms with E-state index in [0.29, 0.717) is 12.0 Å². The summed E-state index contributed by atoms with van der Waals surface area (Å²) in [5, 5.41) is 0. The van der Waals surface area contributed by atoms with Gasteiger partial charge in [0.25, 0.3) is 0 Å². The first kappa shape index (κ1) is 15.6. The van der Waals surface area contributed by atoms with Crippen molar-refractivity contribution in [2.75, 3.05) is 6.54 Å². The molecule has 4 nitrogen and oxygen atoms in total. The lowest BCUT2D eigenvalue weighted by atomic mass is 10.1. The van der Waals surface area contributed by atoms with Gasteiger partial charge in [0.2, 0.25) is 10.0 Å². The number of rotatable bonds is 6. The van der Waals surface area contributed by atoms with Crippen LogP contribution >= 0.6 is 0 Å². The fraction of sp³-hybridized carbons (Fsp3) is 0.200. The van der Waals surface area contributed by atoms with E-state index in [9.17, 15) is 12.8 Å². The highest BCUT2D eigenvalue weighted by Crippen LogP contribution is 2.12. The molecule has 0 unspecified atom stereocenters. The minimum Gasteiger partial charge on any atom is -0.326 e. The van der Waals surface area contributed by atoms with Gasteiger partial charge in [-0.1, -0.05) is 30.3 Å². The summed E-state index contributed by atoms with van der Waals surface area (Å²) >= 11 is 0. The summed E-state index contributed by atoms with van der Waals surface area (Å²) in [6.07, 6.45) is 0.294. The van der Waals surface area contributed by atoms with Crippen molar-refractivity contribution >= 4 is 10.0 Å². The van der Waals surface area contributed by atoms with Crippen LogP contribution in [0.2, 0.25) is 0 Å². The predicted molar refractivity (Wildman–Crippen MR) is 79.6 cm³/mol. The lowest BCUT2D eigenvalue weighted by molar-refractivity contribution is 0.577. The molecule has 0 spiro atoms. The first-order valence-electron chi connectivity index (χ1n) is 6.55. The van der Waals surface area contributed by atoms with Crippen molar-refractivity contribution in [2.45, 2.75) is 17.9 Å². The second-order valence-electron chi connectivity index (χ2n) is 4.59. The molecule has 2 rings (SSSR count). The number of nitrogens with two attached hydrogens (primary N) is 1. The number of nitrogens with one attached hydrogen (secondary N) is 1. The van der Waals surface area contributed by atoms with Crippen LogP contribution in [0.4, 0.5) is 4.39 Å². The maximum absolute atomic E-state index is 13.4. The molecule has 0 bridgehead atoms. The van der Waals surface area contributed by atoms with Crippen LogP contribution in [0, 0.1) is 5.82 Å². The maximum Gasteiger partial charge on any atom is 0.240 e. The van der Waals surface area contributed by atoms with Gasteiger partial charge in [0, 0.05) is 13.1 Å². The van der Waals surface area contributed by atoms with Gasteiger partial charge in [0.15, 0.2) is 0 Å². The van der Waals surface area contributed by atoms with Gasteiger partial charge in [0.1, 0.15) is 5.82 Å². The monoisotopic (exact) mass is 308 g/mol. The molecule has 0 amide bonds. The van der Waals surface area contributed by atoms with E-state index in [4.69, 9.17) is 5.73 Å². The topological polar surface area (TPSA) is 72.2 Å². The standard InChI is InChI=1S/C15H17FN2O2S/c16-15-7-2-1-5-13(15)8-9-18-21(19,20)14-6-3-4-12(10-14)11-17/h1-7,10,18H,8-9,11,17H2. The lowest BCUT2D eigenvalue weighted by Gasteiger charge is -2.08. The van der Waals surface area contributed by atoms with Gasteiger partial charge in [-0.15, -0.1) is 0 Å². The molecule has 2 aromatic rings. The summed E-state index contributed by atoms with van der Waals surface area (Å²) < 4.78 is 40.2. The Morgan fingerprint density at radius 3 is 2.57 bits per heavy atom. The second-order valence-corrected chi connectivity index (χ2v) is 6.36. The fourth-order valence-electron chi connectivity index (χ4n) is 1.94. The lowest BCUT2D eigenvalue weighted by Crippen LogP contribution is -2.26. The Hall–Kier alpha value is -1.76. The van der Waals surface area contributed by atoms with Gasteiger partial charge in [-0.2, -0.15) is 0 Å². The average molecular weight is 308 g/mol. The van der Waals surface area contributed by atoms with E-state index in [-0.39, 0.29) is 23.8 Å². The highest BCUT2D eigenvalue weighted by molar-refractivity contribution is 7.89. The Balaban J connectivity index is 2.03. The molecular weight excluding hydrogens is 291 g/mol. The van der Waals surface area contributed by atoms with Gasteiger partial charge in [-0.05, 0) is 35.7 Å². The molecule has 0 saturated heterocycles. The molecule has 0 heterocycles. The first-order valence-corrected chi connectivity index (χ1v) is 8.03. The van der Waals surface area contributed by atoms with Crippen molar-refractivity contribution in [3.63, 3.8) is 0 Å². The van der Waals surface area contributed by atoms with Gasteiger partial charge in [-0.3, -0.25) is 0 Å². The van der Waals surface area contributed by atoms with Crippen LogP contribution in [0.1, 0.15) is 11.1 Å². The van der Waals surface area contributed by atoms with E-state index in [2.05, 4.69) is 4.72 Å². The van der Waals surface area contributed by atoms with E-state index in [1.165, 1.54) is 18.2 Å². The number of hydrogen-bond donors (Lipinski definition) is 2. The van der Waals surface area contributed by atoms with E-state index in [0.717, 1.165) is 5.56 Å². The van der Waals surface area contributed by atoms with Crippen LogP contribution in [-0.2, 0) is 23.0 Å². The molecule has 0 aliphatic heterocycles. The molecule has 0 aromatic heterocycles. The van der Waals surface area contributed by atoms with Gasteiger partial charge in [-0.25, -0.2) is 17.5 Å². The van der Waals surface area contributed by atoms with Gasteiger partial charge < -0.3 is 5.73 Å². The van der Waals surface area contributed by atoms with Crippen molar-refractivity contribution < 1.29 is 12.8 Å². The minimum absolute atomic E-state index is 0.135. The van der Waals surface area contributed by atoms with Crippen molar-refractivity contribution in [3.8, 4) is 0 Å². The SMILES string of the molecule is NCc1cccc(S(=O)(=O)NCCc2ccccc2F)c1. The Morgan fingerprint density at radius 2 is 1.86 bits per heavy atom. The normalized spacial score (nSPS) is 11.5. The fourth-order valence-corrected chi connectivity index (χ4v) is 3.05. The average Bonchev–Trinajstić information content (AvgIpc) is 2.49. The zero-order chi connectivity index (χ0) is 15.3. The molecule has 3 N–H and O–H groups in total. The van der Waals surface area contributed by atoms with E-state index in [1.807, 2.05) is 0 Å². The van der Waals surface area contributed by atoms with E-state index >= 15 is 0 Å². The molecule has 0 fully saturated rings. The summed E-state index contributed by atoms with van der Waals surface area (Å²) in [6.45, 7) is 0.411. The summed E-state index contributed by atoms with van der Waals surface area (Å²) in [5.41, 5.74) is 6.72. The Labute approximate surface area is 123 Å². The third-order valence-corrected chi connectivity index (χ3v) is 4.55. The van der Waals surface area contributed by atoms with E-state index < -0.39 is 10.0 Å². The molecule has 112 valence electrons. The van der Waals surface area contributed by atoms with Gasteiger partial charge >= 0.3 is 0 Å². The van der Waals surface area contributed by atoms with Crippen molar-refractivity contribution in [3.05, 3.63) is 65.5 Å². The highest BCUT2D eigenvalue weighted by Gasteiger charge is 2.13. The van der Waals surface area contributed by atoms with Crippen LogP contribution in [0.25, 0.3) is 0 Å². The van der Waals surface area contributed by atoms with Crippen LogP contribution in [0.5, 0.6) is 0 Å². The summed E-state index contributed by atoms with van der Waals surface area (Å²) in [6, 6.07) is 12.8. The number of hydrogen-bond acceptors (Lipinski definition) is 3. The van der Waals surface area contributed by atoms with Gasteiger partial charge in [0.05, 0.1) is 4.90 Å². The third-order valence-electron chi connectivity index (χ3n) is 3.09. The molecule has 6 heteroatoms. The zero-order valence-corrected chi connectivity index (χ0v) is 12.2. The molecule has 0 saturated carbocycles. The molecule has 2 aromatic carbocycles. The summed E-state index contributed by atoms with van der Waals surface area (Å²) in [7, 11) is -3.60. The Bertz CT molecular complexity index is 717. The molecule has 21 heavy (non-hydrogen) atoms. The van der Waals surface area contributed by atoms with Crippen LogP contribution in [0.3, 0.4) is 0 Å². The number of sulfonamides is 1. The molecule has 0 aliphatic rings. The van der Waals surface area contributed by atoms with Crippen molar-refractivity contribution in [2.24, 2.45) is 5.73 Å². The largest absolute Gasteiger partial charge is 0.326 e. The Kier molecular flexibility index (Phi) is 5.06. The molecule has 0 aliphatic carbocycles. The van der Waals surface area contributed by atoms with Crippen LogP contribution < -0.4 is 10.5 Å². The van der Waals surface area contributed by atoms with Crippen LogP contribution in [0.15, 0.2) is 53.4 Å². The highest BCUT2D eigenvalue weighted by atomic mass is 32.2. The minimum atomic E-state index is -3.60. The zero-order valence-electron chi connectivity index (χ0n) is 11.4. The quantitative estimate of drug-likeness (QED) is 0.855. The second kappa shape index (κ2) is 6.80. The first-order chi connectivity index (χ1) is 10.0. The molecular formula is C15H17FN2O2S. The smallest absolute Gasteiger partial charge is 0.240 e. The van der Waals surface area contributed by atoms with Crippen LogP contribution in [-0.4, -0.2) is 15.0 Å². The van der Waals surface area contributed by atoms with Crippen molar-refractivity contribution in [1.29, 1.82) is 0 Å². The number of benzene rings is 2.